The van der Waals surface area contributed by atoms with Crippen LogP contribution in [0.25, 0.3) is 0 Å². The summed E-state index contributed by atoms with van der Waals surface area (Å²) in [6, 6.07) is 0. The first kappa shape index (κ1) is 13.6. The fraction of sp³-hybridized carbons (Fsp3) is 0.750. The molecule has 0 spiro atoms. The van der Waals surface area contributed by atoms with Crippen molar-refractivity contribution in [3.05, 3.63) is 11.5 Å². The van der Waals surface area contributed by atoms with Crippen molar-refractivity contribution in [2.45, 2.75) is 39.3 Å². The van der Waals surface area contributed by atoms with Gasteiger partial charge in [-0.1, -0.05) is 25.6 Å². The summed E-state index contributed by atoms with van der Waals surface area (Å²) >= 11 is 1.67. The number of hydrogen-bond acceptors (Lipinski definition) is 4. The molecule has 1 aromatic rings. The van der Waals surface area contributed by atoms with Gasteiger partial charge >= 0.3 is 0 Å². The summed E-state index contributed by atoms with van der Waals surface area (Å²) in [4.78, 5) is 4.32. The number of nitrogens with one attached hydrogen (secondary N) is 1. The summed E-state index contributed by atoms with van der Waals surface area (Å²) in [6.07, 6.45) is 1.24. The number of aryl methyl sites for hydroxylation is 2. The van der Waals surface area contributed by atoms with Gasteiger partial charge in [0.05, 0.1) is 5.69 Å². The molecule has 92 valence electrons. The van der Waals surface area contributed by atoms with Gasteiger partial charge < -0.3 is 9.73 Å². The predicted molar refractivity (Wildman–Crippen MR) is 69.0 cm³/mol. The summed E-state index contributed by atoms with van der Waals surface area (Å²) in [5.41, 5.74) is 0.996. The predicted octanol–water partition coefficient (Wildman–Crippen LogP) is 3.02. The minimum atomic E-state index is 0.775. The first-order valence-electron chi connectivity index (χ1n) is 5.87. The Labute approximate surface area is 102 Å². The molecule has 1 aromatic heterocycles. The second-order valence-electron chi connectivity index (χ2n) is 4.40. The third kappa shape index (κ3) is 5.03. The van der Waals surface area contributed by atoms with Gasteiger partial charge in [0, 0.05) is 12.3 Å². The zero-order valence-corrected chi connectivity index (χ0v) is 11.5. The number of rotatable bonds is 7. The molecule has 1 rings (SSSR count). The zero-order valence-electron chi connectivity index (χ0n) is 10.7. The number of oxazole rings is 1. The topological polar surface area (TPSA) is 38.1 Å². The van der Waals surface area contributed by atoms with Gasteiger partial charge in [-0.15, -0.1) is 0 Å². The summed E-state index contributed by atoms with van der Waals surface area (Å²) in [5.74, 6) is 2.71. The fourth-order valence-corrected chi connectivity index (χ4v) is 2.04. The van der Waals surface area contributed by atoms with Gasteiger partial charge in [0.1, 0.15) is 5.76 Å². The second-order valence-corrected chi connectivity index (χ2v) is 5.45. The Morgan fingerprint density at radius 3 is 2.62 bits per heavy atom. The Morgan fingerprint density at radius 2 is 2.06 bits per heavy atom. The molecule has 0 aliphatic heterocycles. The van der Waals surface area contributed by atoms with Gasteiger partial charge in [-0.25, -0.2) is 4.98 Å². The Hall–Kier alpha value is -0.480. The maximum absolute atomic E-state index is 5.48. The average Bonchev–Trinajstić information content (AvgIpc) is 2.52. The standard InChI is InChI=1S/C12H22N2OS/c1-9(2)5-6-13-7-8-16-12-14-10(3)11(4)15-12/h9,13H,5-8H2,1-4H3. The normalized spacial score (nSPS) is 11.3. The first-order valence-corrected chi connectivity index (χ1v) is 6.85. The van der Waals surface area contributed by atoms with Crippen LogP contribution in [0.15, 0.2) is 9.64 Å². The molecule has 0 aromatic carbocycles. The Balaban J connectivity index is 2.07. The highest BCUT2D eigenvalue weighted by atomic mass is 32.2. The molecule has 0 aliphatic carbocycles. The lowest BCUT2D eigenvalue weighted by atomic mass is 10.1. The monoisotopic (exact) mass is 242 g/mol. The van der Waals surface area contributed by atoms with E-state index < -0.39 is 0 Å². The molecule has 0 unspecified atom stereocenters. The Morgan fingerprint density at radius 1 is 1.31 bits per heavy atom. The van der Waals surface area contributed by atoms with Crippen LogP contribution in [0.5, 0.6) is 0 Å². The van der Waals surface area contributed by atoms with Gasteiger partial charge in [0.15, 0.2) is 0 Å². The van der Waals surface area contributed by atoms with E-state index in [2.05, 4.69) is 24.1 Å². The molecule has 0 atom stereocenters. The lowest BCUT2D eigenvalue weighted by Gasteiger charge is -2.05. The number of nitrogens with zero attached hydrogens (tertiary/aromatic N) is 1. The molecule has 0 saturated carbocycles. The van der Waals surface area contributed by atoms with Crippen LogP contribution in [0.4, 0.5) is 0 Å². The van der Waals surface area contributed by atoms with E-state index in [1.54, 1.807) is 11.8 Å². The SMILES string of the molecule is Cc1nc(SCCNCCC(C)C)oc1C. The van der Waals surface area contributed by atoms with Gasteiger partial charge in [0.25, 0.3) is 5.22 Å². The fourth-order valence-electron chi connectivity index (χ4n) is 1.23. The quantitative estimate of drug-likeness (QED) is 0.589. The van der Waals surface area contributed by atoms with Gasteiger partial charge in [-0.3, -0.25) is 0 Å². The van der Waals surface area contributed by atoms with E-state index in [0.29, 0.717) is 0 Å². The number of aromatic nitrogens is 1. The minimum Gasteiger partial charge on any atom is -0.437 e. The molecular formula is C12H22N2OS. The second kappa shape index (κ2) is 6.97. The van der Waals surface area contributed by atoms with Gasteiger partial charge in [0.2, 0.25) is 0 Å². The highest BCUT2D eigenvalue weighted by Gasteiger charge is 2.05. The maximum Gasteiger partial charge on any atom is 0.256 e. The lowest BCUT2D eigenvalue weighted by Crippen LogP contribution is -2.19. The van der Waals surface area contributed by atoms with Crippen molar-refractivity contribution < 1.29 is 4.42 Å². The number of thioether (sulfide) groups is 1. The van der Waals surface area contributed by atoms with Crippen molar-refractivity contribution in [1.29, 1.82) is 0 Å². The highest BCUT2D eigenvalue weighted by molar-refractivity contribution is 7.99. The zero-order chi connectivity index (χ0) is 12.0. The van der Waals surface area contributed by atoms with Gasteiger partial charge in [-0.05, 0) is 32.7 Å². The molecule has 1 heterocycles. The van der Waals surface area contributed by atoms with Gasteiger partial charge in [-0.2, -0.15) is 0 Å². The molecule has 1 N–H and O–H groups in total. The lowest BCUT2D eigenvalue weighted by molar-refractivity contribution is 0.431. The Bertz CT molecular complexity index is 290. The van der Waals surface area contributed by atoms with Crippen LogP contribution in [-0.4, -0.2) is 23.8 Å². The molecule has 16 heavy (non-hydrogen) atoms. The van der Waals surface area contributed by atoms with E-state index in [0.717, 1.165) is 41.4 Å². The van der Waals surface area contributed by atoms with Crippen LogP contribution >= 0.6 is 11.8 Å². The molecular weight excluding hydrogens is 220 g/mol. The van der Waals surface area contributed by atoms with E-state index in [4.69, 9.17) is 4.42 Å². The third-order valence-corrected chi connectivity index (χ3v) is 3.24. The molecule has 0 saturated heterocycles. The molecule has 0 bridgehead atoms. The van der Waals surface area contributed by atoms with Crippen molar-refractivity contribution in [3.63, 3.8) is 0 Å². The van der Waals surface area contributed by atoms with Crippen LogP contribution in [-0.2, 0) is 0 Å². The van der Waals surface area contributed by atoms with Crippen LogP contribution < -0.4 is 5.32 Å². The van der Waals surface area contributed by atoms with Crippen LogP contribution in [0, 0.1) is 19.8 Å². The minimum absolute atomic E-state index is 0.775. The molecule has 3 nitrogen and oxygen atoms in total. The molecule has 0 amide bonds. The molecule has 0 aliphatic rings. The molecule has 0 fully saturated rings. The summed E-state index contributed by atoms with van der Waals surface area (Å²) in [5, 5.41) is 4.21. The van der Waals surface area contributed by atoms with E-state index in [1.807, 2.05) is 13.8 Å². The van der Waals surface area contributed by atoms with Crippen molar-refractivity contribution >= 4 is 11.8 Å². The van der Waals surface area contributed by atoms with Crippen LogP contribution in [0.3, 0.4) is 0 Å². The number of hydrogen-bond donors (Lipinski definition) is 1. The van der Waals surface area contributed by atoms with E-state index in [9.17, 15) is 0 Å². The van der Waals surface area contributed by atoms with E-state index >= 15 is 0 Å². The summed E-state index contributed by atoms with van der Waals surface area (Å²) in [7, 11) is 0. The third-order valence-electron chi connectivity index (χ3n) is 2.41. The summed E-state index contributed by atoms with van der Waals surface area (Å²) < 4.78 is 5.48. The van der Waals surface area contributed by atoms with Crippen molar-refractivity contribution in [1.82, 2.24) is 10.3 Å². The Kier molecular flexibility index (Phi) is 5.91. The van der Waals surface area contributed by atoms with Crippen molar-refractivity contribution in [2.75, 3.05) is 18.8 Å². The van der Waals surface area contributed by atoms with Crippen molar-refractivity contribution in [3.8, 4) is 0 Å². The van der Waals surface area contributed by atoms with E-state index in [-0.39, 0.29) is 0 Å². The first-order chi connectivity index (χ1) is 7.59. The molecule has 4 heteroatoms. The van der Waals surface area contributed by atoms with Crippen molar-refractivity contribution in [2.24, 2.45) is 5.92 Å². The van der Waals surface area contributed by atoms with Crippen LogP contribution in [0.2, 0.25) is 0 Å². The smallest absolute Gasteiger partial charge is 0.256 e. The van der Waals surface area contributed by atoms with E-state index in [1.165, 1.54) is 6.42 Å². The average molecular weight is 242 g/mol. The maximum atomic E-state index is 5.48. The summed E-state index contributed by atoms with van der Waals surface area (Å²) in [6.45, 7) is 10.5. The largest absolute Gasteiger partial charge is 0.437 e. The molecule has 0 radical (unpaired) electrons. The van der Waals surface area contributed by atoms with Crippen LogP contribution in [0.1, 0.15) is 31.7 Å². The highest BCUT2D eigenvalue weighted by Crippen LogP contribution is 2.19.